The van der Waals surface area contributed by atoms with Crippen LogP contribution in [0, 0.1) is 0 Å². The summed E-state index contributed by atoms with van der Waals surface area (Å²) < 4.78 is 6.90. The Bertz CT molecular complexity index is 384. The lowest BCUT2D eigenvalue weighted by molar-refractivity contribution is -0.0348. The molecule has 1 aliphatic heterocycles. The van der Waals surface area contributed by atoms with Gasteiger partial charge in [0.15, 0.2) is 5.82 Å². The fourth-order valence-corrected chi connectivity index (χ4v) is 1.64. The van der Waals surface area contributed by atoms with Crippen molar-refractivity contribution in [2.75, 3.05) is 12.1 Å². The molecule has 1 aromatic heterocycles. The second-order valence-electron chi connectivity index (χ2n) is 3.44. The summed E-state index contributed by atoms with van der Waals surface area (Å²) in [6, 6.07) is 1.53. The van der Waals surface area contributed by atoms with E-state index in [1.807, 2.05) is 5.48 Å². The maximum atomic E-state index is 11.5. The monoisotopic (exact) mass is 211 g/mol. The molecule has 1 saturated heterocycles. The molecular formula is C9H13N3O3. The molecule has 2 heterocycles. The Morgan fingerprint density at radius 3 is 3.07 bits per heavy atom. The second-order valence-corrected chi connectivity index (χ2v) is 3.44. The molecule has 82 valence electrons. The minimum absolute atomic E-state index is 0.145. The highest BCUT2D eigenvalue weighted by Gasteiger charge is 2.16. The van der Waals surface area contributed by atoms with E-state index in [4.69, 9.17) is 9.94 Å². The van der Waals surface area contributed by atoms with Crippen LogP contribution < -0.4 is 11.2 Å². The van der Waals surface area contributed by atoms with Gasteiger partial charge < -0.3 is 4.74 Å². The van der Waals surface area contributed by atoms with Crippen molar-refractivity contribution in [3.05, 3.63) is 22.7 Å². The van der Waals surface area contributed by atoms with E-state index in [1.54, 1.807) is 6.20 Å². The molecule has 0 aromatic carbocycles. The zero-order valence-electron chi connectivity index (χ0n) is 8.22. The highest BCUT2D eigenvalue weighted by atomic mass is 16.5. The second kappa shape index (κ2) is 4.41. The Morgan fingerprint density at radius 1 is 1.60 bits per heavy atom. The van der Waals surface area contributed by atoms with Gasteiger partial charge in [0.05, 0.1) is 0 Å². The van der Waals surface area contributed by atoms with Crippen molar-refractivity contribution in [1.29, 1.82) is 0 Å². The molecule has 0 aliphatic carbocycles. The molecule has 0 amide bonds. The van der Waals surface area contributed by atoms with Crippen molar-refractivity contribution in [3.8, 4) is 0 Å². The van der Waals surface area contributed by atoms with Gasteiger partial charge in [-0.05, 0) is 25.3 Å². The molecule has 1 atom stereocenters. The SMILES string of the molecule is O=c1nc(NO)ccn1C1CCCCO1. The largest absolute Gasteiger partial charge is 0.358 e. The van der Waals surface area contributed by atoms with E-state index < -0.39 is 5.69 Å². The molecule has 1 unspecified atom stereocenters. The van der Waals surface area contributed by atoms with Gasteiger partial charge in [-0.1, -0.05) is 0 Å². The van der Waals surface area contributed by atoms with Crippen LogP contribution in [0.15, 0.2) is 17.1 Å². The topological polar surface area (TPSA) is 76.4 Å². The first kappa shape index (κ1) is 10.1. The third kappa shape index (κ3) is 2.16. The van der Waals surface area contributed by atoms with Crippen molar-refractivity contribution in [1.82, 2.24) is 9.55 Å². The van der Waals surface area contributed by atoms with E-state index in [9.17, 15) is 4.79 Å². The van der Waals surface area contributed by atoms with Gasteiger partial charge in [0.1, 0.15) is 6.23 Å². The van der Waals surface area contributed by atoms with Crippen molar-refractivity contribution < 1.29 is 9.94 Å². The standard InChI is InChI=1S/C9H13N3O3/c13-9-10-7(11-14)4-5-12(9)8-3-1-2-6-15-8/h4-5,8,14H,1-3,6H2,(H,10,11,13). The molecule has 0 bridgehead atoms. The lowest BCUT2D eigenvalue weighted by Gasteiger charge is -2.23. The molecule has 2 N–H and O–H groups in total. The molecule has 6 heteroatoms. The molecule has 1 aliphatic rings. The van der Waals surface area contributed by atoms with Gasteiger partial charge in [-0.15, -0.1) is 0 Å². The van der Waals surface area contributed by atoms with E-state index in [-0.39, 0.29) is 12.0 Å². The van der Waals surface area contributed by atoms with Crippen LogP contribution in [0.2, 0.25) is 0 Å². The van der Waals surface area contributed by atoms with Crippen molar-refractivity contribution in [3.63, 3.8) is 0 Å². The summed E-state index contributed by atoms with van der Waals surface area (Å²) in [5, 5.41) is 8.57. The average molecular weight is 211 g/mol. The van der Waals surface area contributed by atoms with Crippen LogP contribution in [0.4, 0.5) is 5.82 Å². The first-order chi connectivity index (χ1) is 7.31. The lowest BCUT2D eigenvalue weighted by atomic mass is 10.2. The number of hydrogen-bond donors (Lipinski definition) is 2. The number of hydrogen-bond acceptors (Lipinski definition) is 5. The predicted molar refractivity (Wildman–Crippen MR) is 52.7 cm³/mol. The highest BCUT2D eigenvalue weighted by molar-refractivity contribution is 5.27. The van der Waals surface area contributed by atoms with Crippen molar-refractivity contribution in [2.45, 2.75) is 25.5 Å². The Morgan fingerprint density at radius 2 is 2.47 bits per heavy atom. The Hall–Kier alpha value is -1.40. The summed E-state index contributed by atoms with van der Waals surface area (Å²) in [5.74, 6) is 0.145. The van der Waals surface area contributed by atoms with E-state index in [0.29, 0.717) is 6.61 Å². The summed E-state index contributed by atoms with van der Waals surface area (Å²) in [6.07, 6.45) is 4.27. The predicted octanol–water partition coefficient (Wildman–Crippen LogP) is 0.744. The van der Waals surface area contributed by atoms with Crippen LogP contribution in [-0.2, 0) is 4.74 Å². The molecule has 0 radical (unpaired) electrons. The van der Waals surface area contributed by atoms with Crippen LogP contribution in [0.25, 0.3) is 0 Å². The number of nitrogens with one attached hydrogen (secondary N) is 1. The first-order valence-electron chi connectivity index (χ1n) is 4.92. The number of nitrogens with zero attached hydrogens (tertiary/aromatic N) is 2. The summed E-state index contributed by atoms with van der Waals surface area (Å²) in [7, 11) is 0. The number of aromatic nitrogens is 2. The van der Waals surface area contributed by atoms with Gasteiger partial charge in [0.2, 0.25) is 0 Å². The number of anilines is 1. The van der Waals surface area contributed by atoms with Crippen molar-refractivity contribution in [2.24, 2.45) is 0 Å². The normalized spacial score (nSPS) is 21.3. The quantitative estimate of drug-likeness (QED) is 0.706. The van der Waals surface area contributed by atoms with Gasteiger partial charge >= 0.3 is 5.69 Å². The van der Waals surface area contributed by atoms with Gasteiger partial charge in [-0.2, -0.15) is 4.98 Å². The van der Waals surface area contributed by atoms with Gasteiger partial charge in [-0.25, -0.2) is 4.79 Å². The van der Waals surface area contributed by atoms with Crippen LogP contribution in [0.1, 0.15) is 25.5 Å². The molecule has 0 saturated carbocycles. The molecule has 1 fully saturated rings. The third-order valence-corrected chi connectivity index (χ3v) is 2.41. The van der Waals surface area contributed by atoms with Crippen LogP contribution >= 0.6 is 0 Å². The summed E-state index contributed by atoms with van der Waals surface area (Å²) in [4.78, 5) is 15.2. The Balaban J connectivity index is 2.24. The fraction of sp³-hybridized carbons (Fsp3) is 0.556. The van der Waals surface area contributed by atoms with E-state index in [1.165, 1.54) is 10.6 Å². The van der Waals surface area contributed by atoms with E-state index >= 15 is 0 Å². The molecule has 6 nitrogen and oxygen atoms in total. The summed E-state index contributed by atoms with van der Waals surface area (Å²) in [6.45, 7) is 0.678. The maximum Gasteiger partial charge on any atom is 0.351 e. The van der Waals surface area contributed by atoms with Crippen LogP contribution in [0.5, 0.6) is 0 Å². The summed E-state index contributed by atoms with van der Waals surface area (Å²) >= 11 is 0. The fourth-order valence-electron chi connectivity index (χ4n) is 1.64. The number of ether oxygens (including phenoxy) is 1. The lowest BCUT2D eigenvalue weighted by Crippen LogP contribution is -2.30. The van der Waals surface area contributed by atoms with Crippen LogP contribution in [-0.4, -0.2) is 21.4 Å². The number of rotatable bonds is 2. The van der Waals surface area contributed by atoms with E-state index in [2.05, 4.69) is 4.98 Å². The van der Waals surface area contributed by atoms with E-state index in [0.717, 1.165) is 19.3 Å². The first-order valence-corrected chi connectivity index (χ1v) is 4.92. The molecule has 1 aromatic rings. The maximum absolute atomic E-state index is 11.5. The zero-order chi connectivity index (χ0) is 10.7. The Kier molecular flexibility index (Phi) is 2.98. The molecular weight excluding hydrogens is 198 g/mol. The smallest absolute Gasteiger partial charge is 0.351 e. The minimum Gasteiger partial charge on any atom is -0.358 e. The minimum atomic E-state index is -0.416. The zero-order valence-corrected chi connectivity index (χ0v) is 8.22. The average Bonchev–Trinajstić information content (AvgIpc) is 2.30. The highest BCUT2D eigenvalue weighted by Crippen LogP contribution is 2.20. The van der Waals surface area contributed by atoms with Gasteiger partial charge in [0.25, 0.3) is 0 Å². The van der Waals surface area contributed by atoms with Crippen molar-refractivity contribution >= 4 is 5.82 Å². The third-order valence-electron chi connectivity index (χ3n) is 2.41. The molecule has 15 heavy (non-hydrogen) atoms. The molecule has 2 rings (SSSR count). The summed E-state index contributed by atoms with van der Waals surface area (Å²) in [5.41, 5.74) is 1.42. The molecule has 0 spiro atoms. The van der Waals surface area contributed by atoms with Gasteiger partial charge in [-0.3, -0.25) is 15.3 Å². The van der Waals surface area contributed by atoms with Gasteiger partial charge in [0, 0.05) is 12.8 Å². The Labute approximate surface area is 86.5 Å². The van der Waals surface area contributed by atoms with Crippen LogP contribution in [0.3, 0.4) is 0 Å².